The van der Waals surface area contributed by atoms with Crippen LogP contribution < -0.4 is 5.32 Å². The number of nitrogens with zero attached hydrogens (tertiary/aromatic N) is 1. The number of alkyl halides is 3. The normalized spacial score (nSPS) is 11.3. The van der Waals surface area contributed by atoms with E-state index in [1.54, 1.807) is 29.6 Å². The van der Waals surface area contributed by atoms with Gasteiger partial charge in [-0.25, -0.2) is 9.78 Å². The van der Waals surface area contributed by atoms with Gasteiger partial charge >= 0.3 is 12.1 Å². The summed E-state index contributed by atoms with van der Waals surface area (Å²) in [5, 5.41) is 2.11. The Labute approximate surface area is 133 Å². The van der Waals surface area contributed by atoms with Crippen molar-refractivity contribution in [3.05, 3.63) is 41.0 Å². The lowest BCUT2D eigenvalue weighted by molar-refractivity contribution is -0.140. The quantitative estimate of drug-likeness (QED) is 0.682. The van der Waals surface area contributed by atoms with Crippen LogP contribution in [0.3, 0.4) is 0 Å². The number of ether oxygens (including phenoxy) is 1. The summed E-state index contributed by atoms with van der Waals surface area (Å²) in [4.78, 5) is 27.3. The zero-order valence-corrected chi connectivity index (χ0v) is 12.2. The van der Waals surface area contributed by atoms with Gasteiger partial charge in [0.2, 0.25) is 0 Å². The third kappa shape index (κ3) is 4.82. The van der Waals surface area contributed by atoms with E-state index in [1.807, 2.05) is 0 Å². The molecule has 0 aliphatic rings. The predicted molar refractivity (Wildman–Crippen MR) is 76.1 cm³/mol. The van der Waals surface area contributed by atoms with Crippen LogP contribution in [0.4, 0.5) is 13.2 Å². The molecule has 2 aromatic rings. The fourth-order valence-electron chi connectivity index (χ4n) is 1.77. The van der Waals surface area contributed by atoms with Crippen molar-refractivity contribution in [2.45, 2.75) is 6.18 Å². The number of hydrogen-bond acceptors (Lipinski definition) is 4. The highest BCUT2D eigenvalue weighted by atomic mass is 35.5. The van der Waals surface area contributed by atoms with Crippen LogP contribution in [0.25, 0.3) is 10.9 Å². The zero-order valence-electron chi connectivity index (χ0n) is 11.5. The minimum Gasteiger partial charge on any atom is -0.452 e. The summed E-state index contributed by atoms with van der Waals surface area (Å²) in [6, 6.07) is 7.88. The maximum atomic E-state index is 12.0. The third-order valence-electron chi connectivity index (χ3n) is 2.73. The maximum absolute atomic E-state index is 12.0. The van der Waals surface area contributed by atoms with Crippen molar-refractivity contribution in [3.8, 4) is 0 Å². The van der Waals surface area contributed by atoms with Gasteiger partial charge in [-0.3, -0.25) is 4.79 Å². The number of benzene rings is 1. The molecule has 1 aromatic carbocycles. The first-order valence-electron chi connectivity index (χ1n) is 6.32. The van der Waals surface area contributed by atoms with E-state index in [0.29, 0.717) is 10.9 Å². The molecule has 1 amide bonds. The lowest BCUT2D eigenvalue weighted by Crippen LogP contribution is -2.36. The first-order chi connectivity index (χ1) is 10.8. The number of carbonyl (C=O) groups is 2. The van der Waals surface area contributed by atoms with Crippen LogP contribution in [0.15, 0.2) is 30.3 Å². The number of aromatic nitrogens is 1. The highest BCUT2D eigenvalue weighted by molar-refractivity contribution is 6.30. The third-order valence-corrected chi connectivity index (χ3v) is 2.92. The molecule has 23 heavy (non-hydrogen) atoms. The van der Waals surface area contributed by atoms with Crippen LogP contribution in [0.1, 0.15) is 10.4 Å². The number of rotatable bonds is 4. The minimum absolute atomic E-state index is 0.0529. The maximum Gasteiger partial charge on any atom is 0.405 e. The van der Waals surface area contributed by atoms with Gasteiger partial charge in [-0.2, -0.15) is 13.2 Å². The van der Waals surface area contributed by atoms with E-state index < -0.39 is 31.2 Å². The molecular formula is C14H10ClF3N2O3. The van der Waals surface area contributed by atoms with Gasteiger partial charge in [0, 0.05) is 5.39 Å². The molecule has 0 radical (unpaired) electrons. The summed E-state index contributed by atoms with van der Waals surface area (Å²) < 4.78 is 40.6. The SMILES string of the molecule is O=C(COC(=O)c1cc(Cl)nc2ccccc12)NCC(F)(F)F. The summed E-state index contributed by atoms with van der Waals surface area (Å²) in [5.74, 6) is -1.94. The molecule has 2 rings (SSSR count). The summed E-state index contributed by atoms with van der Waals surface area (Å²) in [6.07, 6.45) is -4.53. The molecule has 1 N–H and O–H groups in total. The van der Waals surface area contributed by atoms with Gasteiger partial charge in [-0.15, -0.1) is 0 Å². The molecule has 0 aliphatic carbocycles. The topological polar surface area (TPSA) is 68.3 Å². The Balaban J connectivity index is 2.06. The van der Waals surface area contributed by atoms with Crippen LogP contribution in [-0.4, -0.2) is 36.2 Å². The molecule has 122 valence electrons. The number of amides is 1. The van der Waals surface area contributed by atoms with Crippen LogP contribution in [0, 0.1) is 0 Å². The molecule has 0 saturated carbocycles. The molecule has 0 atom stereocenters. The summed E-state index contributed by atoms with van der Waals surface area (Å²) in [6.45, 7) is -2.32. The molecule has 1 heterocycles. The van der Waals surface area contributed by atoms with E-state index in [-0.39, 0.29) is 10.7 Å². The Hall–Kier alpha value is -2.35. The van der Waals surface area contributed by atoms with Crippen molar-refractivity contribution in [2.75, 3.05) is 13.2 Å². The molecule has 0 unspecified atom stereocenters. The predicted octanol–water partition coefficient (Wildman–Crippen LogP) is 2.72. The first-order valence-corrected chi connectivity index (χ1v) is 6.70. The van der Waals surface area contributed by atoms with E-state index in [4.69, 9.17) is 16.3 Å². The molecule has 0 bridgehead atoms. The van der Waals surface area contributed by atoms with Crippen molar-refractivity contribution in [3.63, 3.8) is 0 Å². The largest absolute Gasteiger partial charge is 0.452 e. The fraction of sp³-hybridized carbons (Fsp3) is 0.214. The van der Waals surface area contributed by atoms with Crippen LogP contribution in [-0.2, 0) is 9.53 Å². The molecule has 5 nitrogen and oxygen atoms in total. The van der Waals surface area contributed by atoms with Gasteiger partial charge in [-0.1, -0.05) is 29.8 Å². The van der Waals surface area contributed by atoms with E-state index >= 15 is 0 Å². The number of fused-ring (bicyclic) bond motifs is 1. The second kappa shape index (κ2) is 6.82. The van der Waals surface area contributed by atoms with Crippen molar-refractivity contribution in [2.24, 2.45) is 0 Å². The zero-order chi connectivity index (χ0) is 17.0. The molecule has 0 fully saturated rings. The fourth-order valence-corrected chi connectivity index (χ4v) is 1.97. The Kier molecular flexibility index (Phi) is 5.05. The number of nitrogens with one attached hydrogen (secondary N) is 1. The molecule has 0 saturated heterocycles. The second-order valence-electron chi connectivity index (χ2n) is 4.48. The average Bonchev–Trinajstić information content (AvgIpc) is 2.49. The number of esters is 1. The van der Waals surface area contributed by atoms with Gasteiger partial charge in [-0.05, 0) is 12.1 Å². The summed E-state index contributed by atoms with van der Waals surface area (Å²) >= 11 is 5.81. The Morgan fingerprint density at radius 1 is 1.26 bits per heavy atom. The number of carbonyl (C=O) groups excluding carboxylic acids is 2. The van der Waals surface area contributed by atoms with Gasteiger partial charge in [0.25, 0.3) is 5.91 Å². The van der Waals surface area contributed by atoms with Crippen LogP contribution >= 0.6 is 11.6 Å². The number of hydrogen-bond donors (Lipinski definition) is 1. The Morgan fingerprint density at radius 2 is 1.96 bits per heavy atom. The van der Waals surface area contributed by atoms with Gasteiger partial charge < -0.3 is 10.1 Å². The van der Waals surface area contributed by atoms with Crippen molar-refractivity contribution in [1.82, 2.24) is 10.3 Å². The summed E-state index contributed by atoms with van der Waals surface area (Å²) in [7, 11) is 0. The van der Waals surface area contributed by atoms with Crippen LogP contribution in [0.5, 0.6) is 0 Å². The average molecular weight is 347 g/mol. The van der Waals surface area contributed by atoms with E-state index in [0.717, 1.165) is 0 Å². The number of para-hydroxylation sites is 1. The molecular weight excluding hydrogens is 337 g/mol. The molecule has 1 aromatic heterocycles. The molecule has 9 heteroatoms. The Bertz CT molecular complexity index is 750. The highest BCUT2D eigenvalue weighted by Gasteiger charge is 2.27. The molecule has 0 aliphatic heterocycles. The van der Waals surface area contributed by atoms with E-state index in [2.05, 4.69) is 4.98 Å². The monoisotopic (exact) mass is 346 g/mol. The van der Waals surface area contributed by atoms with Crippen molar-refractivity contribution in [1.29, 1.82) is 0 Å². The number of halogens is 4. The minimum atomic E-state index is -4.53. The van der Waals surface area contributed by atoms with Gasteiger partial charge in [0.15, 0.2) is 6.61 Å². The van der Waals surface area contributed by atoms with Gasteiger partial charge in [0.05, 0.1) is 11.1 Å². The lowest BCUT2D eigenvalue weighted by atomic mass is 10.1. The van der Waals surface area contributed by atoms with Crippen LogP contribution in [0.2, 0.25) is 5.15 Å². The smallest absolute Gasteiger partial charge is 0.405 e. The van der Waals surface area contributed by atoms with E-state index in [1.165, 1.54) is 6.07 Å². The standard InChI is InChI=1S/C14H10ClF3N2O3/c15-11-5-9(8-3-1-2-4-10(8)20-11)13(22)23-6-12(21)19-7-14(16,17)18/h1-5H,6-7H2,(H,19,21). The van der Waals surface area contributed by atoms with Crippen molar-refractivity contribution >= 4 is 34.4 Å². The first kappa shape index (κ1) is 17.0. The Morgan fingerprint density at radius 3 is 2.65 bits per heavy atom. The van der Waals surface area contributed by atoms with Gasteiger partial charge in [0.1, 0.15) is 11.7 Å². The van der Waals surface area contributed by atoms with E-state index in [9.17, 15) is 22.8 Å². The number of pyridine rings is 1. The highest BCUT2D eigenvalue weighted by Crippen LogP contribution is 2.21. The summed E-state index contributed by atoms with van der Waals surface area (Å²) in [5.41, 5.74) is 0.526. The van der Waals surface area contributed by atoms with Crippen molar-refractivity contribution < 1.29 is 27.5 Å². The lowest BCUT2D eigenvalue weighted by Gasteiger charge is -2.10. The second-order valence-corrected chi connectivity index (χ2v) is 4.86. The molecule has 0 spiro atoms.